The van der Waals surface area contributed by atoms with Crippen LogP contribution in [0, 0.1) is 5.92 Å². The lowest BCUT2D eigenvalue weighted by Gasteiger charge is -2.37. The molecule has 0 aliphatic carbocycles. The fourth-order valence-electron chi connectivity index (χ4n) is 8.94. The van der Waals surface area contributed by atoms with Gasteiger partial charge in [0.05, 0.1) is 50.6 Å². The van der Waals surface area contributed by atoms with Crippen molar-refractivity contribution in [1.82, 2.24) is 10.2 Å². The van der Waals surface area contributed by atoms with Crippen molar-refractivity contribution >= 4 is 37.4 Å². The van der Waals surface area contributed by atoms with Crippen LogP contribution in [0.3, 0.4) is 0 Å². The van der Waals surface area contributed by atoms with Crippen LogP contribution < -0.4 is 20.3 Å². The second kappa shape index (κ2) is 13.8. The summed E-state index contributed by atoms with van der Waals surface area (Å²) in [6, 6.07) is 20.4. The number of hydrogen-bond donors (Lipinski definition) is 4. The number of methoxy groups -OCH3 is 1. The molecule has 270 valence electrons. The molecule has 12 heteroatoms. The number of amides is 3. The van der Waals surface area contributed by atoms with Gasteiger partial charge >= 0.3 is 0 Å². The van der Waals surface area contributed by atoms with Gasteiger partial charge in [-0.25, -0.2) is 0 Å². The normalized spacial score (nSPS) is 27.1. The number of nitrogens with zero attached hydrogens (tertiary/aromatic N) is 2. The van der Waals surface area contributed by atoms with Crippen LogP contribution in [0.5, 0.6) is 5.75 Å². The molecule has 0 bridgehead atoms. The van der Waals surface area contributed by atoms with Crippen LogP contribution in [0.15, 0.2) is 66.7 Å². The maximum atomic E-state index is 15.0. The highest BCUT2D eigenvalue weighted by Gasteiger charge is 2.66. The summed E-state index contributed by atoms with van der Waals surface area (Å²) in [6.07, 6.45) is 1.54. The van der Waals surface area contributed by atoms with Crippen LogP contribution in [0.1, 0.15) is 48.4 Å². The lowest BCUT2D eigenvalue weighted by atomic mass is 9.82. The minimum absolute atomic E-state index is 0.0312. The van der Waals surface area contributed by atoms with Gasteiger partial charge in [0.2, 0.25) is 11.8 Å². The second-order valence-corrected chi connectivity index (χ2v) is 19.0. The molecule has 4 heterocycles. The highest BCUT2D eigenvalue weighted by molar-refractivity contribution is 6.71. The molecule has 0 radical (unpaired) electrons. The van der Waals surface area contributed by atoms with Crippen LogP contribution in [0.25, 0.3) is 0 Å². The summed E-state index contributed by atoms with van der Waals surface area (Å²) in [5.41, 5.74) is 3.05. The number of aliphatic hydroxyl groups is 1. The molecule has 4 aliphatic rings. The van der Waals surface area contributed by atoms with E-state index in [1.165, 1.54) is 0 Å². The summed E-state index contributed by atoms with van der Waals surface area (Å²) < 4.78 is 12.6. The minimum atomic E-state index is -3.04. The van der Waals surface area contributed by atoms with E-state index >= 15 is 0 Å². The number of anilines is 2. The highest BCUT2D eigenvalue weighted by Crippen LogP contribution is 2.60. The van der Waals surface area contributed by atoms with Crippen molar-refractivity contribution in [3.05, 3.63) is 89.0 Å². The molecule has 51 heavy (non-hydrogen) atoms. The smallest absolute Gasteiger partial charge is 0.264 e. The van der Waals surface area contributed by atoms with Crippen molar-refractivity contribution in [3.8, 4) is 5.75 Å². The Bertz CT molecular complexity index is 1820. The molecule has 4 N–H and O–H groups in total. The van der Waals surface area contributed by atoms with Crippen molar-refractivity contribution in [2.45, 2.75) is 88.1 Å². The van der Waals surface area contributed by atoms with Gasteiger partial charge in [0.15, 0.2) is 13.9 Å². The topological polar surface area (TPSA) is 141 Å². The summed E-state index contributed by atoms with van der Waals surface area (Å²) in [4.78, 5) is 57.2. The zero-order valence-corrected chi connectivity index (χ0v) is 30.7. The summed E-state index contributed by atoms with van der Waals surface area (Å²) in [5.74, 6) is -0.418. The molecule has 6 atom stereocenters. The predicted molar refractivity (Wildman–Crippen MR) is 196 cm³/mol. The van der Waals surface area contributed by atoms with E-state index < -0.39 is 31.5 Å². The molecular weight excluding hydrogens is 665 g/mol. The number of fused-ring (bicyclic) bond motifs is 3. The molecule has 1 spiro atoms. The van der Waals surface area contributed by atoms with Crippen LogP contribution in [0.2, 0.25) is 18.6 Å². The molecule has 3 aromatic carbocycles. The monoisotopic (exact) mass is 712 g/mol. The Morgan fingerprint density at radius 2 is 1.88 bits per heavy atom. The van der Waals surface area contributed by atoms with Gasteiger partial charge in [-0.2, -0.15) is 0 Å². The van der Waals surface area contributed by atoms with Crippen molar-refractivity contribution in [2.75, 3.05) is 30.5 Å². The van der Waals surface area contributed by atoms with Crippen LogP contribution in [0.4, 0.5) is 11.4 Å². The van der Waals surface area contributed by atoms with Crippen molar-refractivity contribution in [1.29, 1.82) is 0 Å². The fraction of sp³-hybridized carbons (Fsp3) is 0.462. The number of carbonyl (C=O) groups excluding carboxylic acids is 3. The predicted octanol–water partition coefficient (Wildman–Crippen LogP) is 4.07. The molecule has 4 aliphatic heterocycles. The third-order valence-electron chi connectivity index (χ3n) is 11.4. The standard InChI is InChI=1S/C39H48N4O7Si/c1-24-36(51(3,4)48)34(20-35(45)42-22-27-11-6-5-10-26(27)18-29(42)23-44)50-39(24)31-19-30(49-2)14-15-33(31)43(38(39)47)21-25-9-7-12-28(17-25)41-37(46)32-13-8-16-40-32/h5-7,9-12,14-15,17,19,24,29,32,34,36,40,44,48H,8,13,16,18,20-23H2,1-4H3,(H,41,46)/t24-,29-,32+,34+,36-,39+/m0/s1. The third-order valence-corrected chi connectivity index (χ3v) is 13.9. The number of hydrogen-bond acceptors (Lipinski definition) is 8. The van der Waals surface area contributed by atoms with E-state index in [-0.39, 0.29) is 49.4 Å². The van der Waals surface area contributed by atoms with E-state index in [1.807, 2.05) is 86.7 Å². The first-order valence-corrected chi connectivity index (χ1v) is 21.0. The fourth-order valence-corrected chi connectivity index (χ4v) is 11.5. The molecule has 0 saturated carbocycles. The maximum Gasteiger partial charge on any atom is 0.264 e. The Labute approximate surface area is 300 Å². The van der Waals surface area contributed by atoms with E-state index in [0.29, 0.717) is 35.7 Å². The summed E-state index contributed by atoms with van der Waals surface area (Å²) in [7, 11) is -1.46. The van der Waals surface area contributed by atoms with Crippen LogP contribution in [-0.2, 0) is 44.2 Å². The summed E-state index contributed by atoms with van der Waals surface area (Å²) in [5, 5.41) is 16.5. The first kappa shape index (κ1) is 35.3. The first-order valence-electron chi connectivity index (χ1n) is 18.0. The Hall–Kier alpha value is -4.07. The maximum absolute atomic E-state index is 15.0. The van der Waals surface area contributed by atoms with Gasteiger partial charge in [-0.1, -0.05) is 43.3 Å². The average molecular weight is 713 g/mol. The molecule has 3 aromatic rings. The lowest BCUT2D eigenvalue weighted by Crippen LogP contribution is -2.48. The molecule has 3 amide bonds. The highest BCUT2D eigenvalue weighted by atomic mass is 28.4. The number of aliphatic hydroxyl groups excluding tert-OH is 1. The zero-order chi connectivity index (χ0) is 36.1. The quantitative estimate of drug-likeness (QED) is 0.244. The largest absolute Gasteiger partial charge is 0.497 e. The Kier molecular flexibility index (Phi) is 9.57. The van der Waals surface area contributed by atoms with Crippen molar-refractivity contribution in [2.24, 2.45) is 5.92 Å². The van der Waals surface area contributed by atoms with Gasteiger partial charge in [-0.15, -0.1) is 0 Å². The first-order chi connectivity index (χ1) is 24.4. The van der Waals surface area contributed by atoms with Gasteiger partial charge in [0.25, 0.3) is 5.91 Å². The van der Waals surface area contributed by atoms with Gasteiger partial charge < -0.3 is 39.8 Å². The van der Waals surface area contributed by atoms with Gasteiger partial charge in [0, 0.05) is 29.3 Å². The summed E-state index contributed by atoms with van der Waals surface area (Å²) in [6.45, 7) is 6.88. The molecule has 2 saturated heterocycles. The summed E-state index contributed by atoms with van der Waals surface area (Å²) >= 11 is 0. The molecule has 11 nitrogen and oxygen atoms in total. The van der Waals surface area contributed by atoms with E-state index in [2.05, 4.69) is 10.6 Å². The number of nitrogens with one attached hydrogen (secondary N) is 2. The Morgan fingerprint density at radius 1 is 1.10 bits per heavy atom. The van der Waals surface area contributed by atoms with E-state index in [4.69, 9.17) is 9.47 Å². The van der Waals surface area contributed by atoms with Gasteiger partial charge in [0.1, 0.15) is 5.75 Å². The lowest BCUT2D eigenvalue weighted by molar-refractivity contribution is -0.151. The third kappa shape index (κ3) is 6.37. The second-order valence-electron chi connectivity index (χ2n) is 15.0. The van der Waals surface area contributed by atoms with E-state index in [1.54, 1.807) is 16.9 Å². The molecule has 2 fully saturated rings. The van der Waals surface area contributed by atoms with Crippen LogP contribution in [-0.4, -0.2) is 79.3 Å². The van der Waals surface area contributed by atoms with E-state index in [9.17, 15) is 24.3 Å². The zero-order valence-electron chi connectivity index (χ0n) is 29.7. The molecular formula is C39H48N4O7Si. The Balaban J connectivity index is 1.20. The van der Waals surface area contributed by atoms with Crippen LogP contribution >= 0.6 is 0 Å². The van der Waals surface area contributed by atoms with Crippen molar-refractivity contribution in [3.63, 3.8) is 0 Å². The number of ether oxygens (including phenoxy) is 2. The van der Waals surface area contributed by atoms with Gasteiger partial charge in [-0.05, 0) is 85.9 Å². The number of benzene rings is 3. The number of rotatable bonds is 9. The number of carbonyl (C=O) groups is 3. The van der Waals surface area contributed by atoms with E-state index in [0.717, 1.165) is 36.1 Å². The average Bonchev–Trinajstić information content (AvgIpc) is 3.81. The van der Waals surface area contributed by atoms with Crippen molar-refractivity contribution < 1.29 is 33.8 Å². The molecule has 0 aromatic heterocycles. The SMILES string of the molecule is COc1ccc2c(c1)[C@@]1(O[C@H](CC(=O)N3Cc4ccccc4C[C@H]3CO)[C@@H]([Si](C)(C)O)[C@@H]1C)C(=O)N2Cc1cccc(NC(=O)[C@H]2CCCN2)c1. The van der Waals surface area contributed by atoms with Gasteiger partial charge in [-0.3, -0.25) is 14.4 Å². The molecule has 0 unspecified atom stereocenters. The molecule has 7 rings (SSSR count). The Morgan fingerprint density at radius 3 is 2.59 bits per heavy atom. The minimum Gasteiger partial charge on any atom is -0.497 e.